The van der Waals surface area contributed by atoms with Gasteiger partial charge in [0.05, 0.1) is 22.8 Å². The van der Waals surface area contributed by atoms with Crippen LogP contribution in [0.1, 0.15) is 6.42 Å². The molecule has 0 unspecified atom stereocenters. The van der Waals surface area contributed by atoms with E-state index < -0.39 is 11.7 Å². The highest BCUT2D eigenvalue weighted by Gasteiger charge is 2.36. The Hall–Kier alpha value is -3.28. The maximum absolute atomic E-state index is 14.0. The number of anilines is 2. The van der Waals surface area contributed by atoms with E-state index in [1.165, 1.54) is 11.0 Å². The molecular formula is C20H16FN3O2. The molecule has 2 heterocycles. The van der Waals surface area contributed by atoms with E-state index in [4.69, 9.17) is 0 Å². The van der Waals surface area contributed by atoms with Gasteiger partial charge in [-0.05, 0) is 24.3 Å². The molecule has 1 saturated heterocycles. The summed E-state index contributed by atoms with van der Waals surface area (Å²) < 4.78 is 14.0. The first-order valence-corrected chi connectivity index (χ1v) is 8.33. The molecule has 130 valence electrons. The number of pyridine rings is 1. The Bertz CT molecular complexity index is 1000. The van der Waals surface area contributed by atoms with Crippen molar-refractivity contribution in [1.82, 2.24) is 4.98 Å². The van der Waals surface area contributed by atoms with E-state index in [0.717, 1.165) is 5.39 Å². The Kier molecular flexibility index (Phi) is 4.08. The van der Waals surface area contributed by atoms with Crippen LogP contribution in [0.5, 0.6) is 0 Å². The van der Waals surface area contributed by atoms with E-state index in [2.05, 4.69) is 10.3 Å². The molecule has 5 nitrogen and oxygen atoms in total. The normalized spacial score (nSPS) is 16.9. The molecule has 0 bridgehead atoms. The largest absolute Gasteiger partial charge is 0.324 e. The zero-order valence-electron chi connectivity index (χ0n) is 13.9. The lowest BCUT2D eigenvalue weighted by Crippen LogP contribution is -2.28. The standard InChI is InChI=1S/C20H16FN3O2/c21-15-7-1-2-9-17(15)24-12-14(11-18(24)25)20(26)23-16-8-3-5-13-6-4-10-22-19(13)16/h1-10,14H,11-12H2,(H,23,26)/t14-/m0/s1. The highest BCUT2D eigenvalue weighted by atomic mass is 19.1. The van der Waals surface area contributed by atoms with Crippen molar-refractivity contribution < 1.29 is 14.0 Å². The van der Waals surface area contributed by atoms with Crippen molar-refractivity contribution >= 4 is 34.1 Å². The molecule has 0 saturated carbocycles. The van der Waals surface area contributed by atoms with Gasteiger partial charge >= 0.3 is 0 Å². The first kappa shape index (κ1) is 16.2. The van der Waals surface area contributed by atoms with Crippen LogP contribution in [-0.4, -0.2) is 23.3 Å². The second kappa shape index (κ2) is 6.55. The van der Waals surface area contributed by atoms with Crippen LogP contribution in [0.2, 0.25) is 0 Å². The Morgan fingerprint density at radius 2 is 1.92 bits per heavy atom. The summed E-state index contributed by atoms with van der Waals surface area (Å²) >= 11 is 0. The number of carbonyl (C=O) groups is 2. The predicted octanol–water partition coefficient (Wildman–Crippen LogP) is 3.37. The van der Waals surface area contributed by atoms with Crippen LogP contribution in [-0.2, 0) is 9.59 Å². The zero-order valence-corrected chi connectivity index (χ0v) is 13.9. The van der Waals surface area contributed by atoms with E-state index in [-0.39, 0.29) is 30.5 Å². The Labute approximate surface area is 149 Å². The number of para-hydroxylation sites is 2. The van der Waals surface area contributed by atoms with Crippen LogP contribution < -0.4 is 10.2 Å². The third kappa shape index (κ3) is 2.90. The van der Waals surface area contributed by atoms with E-state index in [1.54, 1.807) is 30.5 Å². The van der Waals surface area contributed by atoms with Crippen LogP contribution in [0.4, 0.5) is 15.8 Å². The minimum Gasteiger partial charge on any atom is -0.324 e. The Morgan fingerprint density at radius 3 is 2.77 bits per heavy atom. The van der Waals surface area contributed by atoms with Crippen molar-refractivity contribution in [2.24, 2.45) is 5.92 Å². The van der Waals surface area contributed by atoms with Crippen LogP contribution in [0, 0.1) is 11.7 Å². The minimum absolute atomic E-state index is 0.0539. The number of nitrogens with one attached hydrogen (secondary N) is 1. The second-order valence-electron chi connectivity index (χ2n) is 6.23. The smallest absolute Gasteiger partial charge is 0.229 e. The van der Waals surface area contributed by atoms with Crippen molar-refractivity contribution in [1.29, 1.82) is 0 Å². The molecular weight excluding hydrogens is 333 g/mol. The number of halogens is 1. The first-order chi connectivity index (χ1) is 12.6. The Morgan fingerprint density at radius 1 is 1.12 bits per heavy atom. The number of carbonyl (C=O) groups excluding carboxylic acids is 2. The maximum atomic E-state index is 14.0. The number of hydrogen-bond donors (Lipinski definition) is 1. The van der Waals surface area contributed by atoms with Crippen molar-refractivity contribution in [2.45, 2.75) is 6.42 Å². The van der Waals surface area contributed by atoms with Gasteiger partial charge in [0.1, 0.15) is 5.82 Å². The molecule has 2 amide bonds. The molecule has 1 aromatic heterocycles. The molecule has 4 rings (SSSR count). The summed E-state index contributed by atoms with van der Waals surface area (Å²) in [5, 5.41) is 3.78. The first-order valence-electron chi connectivity index (χ1n) is 8.33. The summed E-state index contributed by atoms with van der Waals surface area (Å²) in [7, 11) is 0. The molecule has 0 aliphatic carbocycles. The molecule has 1 aliphatic heterocycles. The predicted molar refractivity (Wildman–Crippen MR) is 97.2 cm³/mol. The van der Waals surface area contributed by atoms with Crippen molar-refractivity contribution in [3.8, 4) is 0 Å². The molecule has 1 fully saturated rings. The second-order valence-corrected chi connectivity index (χ2v) is 6.23. The van der Waals surface area contributed by atoms with Gasteiger partial charge in [-0.2, -0.15) is 0 Å². The van der Waals surface area contributed by atoms with Gasteiger partial charge in [-0.3, -0.25) is 14.6 Å². The third-order valence-corrected chi connectivity index (χ3v) is 4.53. The topological polar surface area (TPSA) is 62.3 Å². The SMILES string of the molecule is O=C(Nc1cccc2cccnc12)[C@H]1CC(=O)N(c2ccccc2F)C1. The molecule has 0 radical (unpaired) electrons. The number of nitrogens with zero attached hydrogens (tertiary/aromatic N) is 2. The molecule has 0 spiro atoms. The number of hydrogen-bond acceptors (Lipinski definition) is 3. The fourth-order valence-corrected chi connectivity index (χ4v) is 3.23. The van der Waals surface area contributed by atoms with Gasteiger partial charge in [-0.15, -0.1) is 0 Å². The third-order valence-electron chi connectivity index (χ3n) is 4.53. The lowest BCUT2D eigenvalue weighted by Gasteiger charge is -2.17. The molecule has 2 aromatic carbocycles. The van der Waals surface area contributed by atoms with Crippen LogP contribution in [0.25, 0.3) is 10.9 Å². The van der Waals surface area contributed by atoms with Crippen molar-refractivity contribution in [3.63, 3.8) is 0 Å². The van der Waals surface area contributed by atoms with E-state index in [9.17, 15) is 14.0 Å². The monoisotopic (exact) mass is 349 g/mol. The van der Waals surface area contributed by atoms with Crippen LogP contribution in [0.15, 0.2) is 60.8 Å². The maximum Gasteiger partial charge on any atom is 0.229 e. The fraction of sp³-hybridized carbons (Fsp3) is 0.150. The number of aromatic nitrogens is 1. The summed E-state index contributed by atoms with van der Waals surface area (Å²) in [6.07, 6.45) is 1.72. The Balaban J connectivity index is 1.54. The van der Waals surface area contributed by atoms with Crippen molar-refractivity contribution in [3.05, 3.63) is 66.6 Å². The van der Waals surface area contributed by atoms with Gasteiger partial charge in [0.25, 0.3) is 0 Å². The van der Waals surface area contributed by atoms with Gasteiger partial charge in [0.2, 0.25) is 11.8 Å². The molecule has 6 heteroatoms. The number of fused-ring (bicyclic) bond motifs is 1. The minimum atomic E-state index is -0.541. The molecule has 3 aromatic rings. The lowest BCUT2D eigenvalue weighted by molar-refractivity contribution is -0.122. The van der Waals surface area contributed by atoms with E-state index >= 15 is 0 Å². The van der Waals surface area contributed by atoms with E-state index in [0.29, 0.717) is 11.2 Å². The van der Waals surface area contributed by atoms with Crippen LogP contribution in [0.3, 0.4) is 0 Å². The summed E-state index contributed by atoms with van der Waals surface area (Å²) in [5.41, 5.74) is 1.50. The summed E-state index contributed by atoms with van der Waals surface area (Å²) in [5.74, 6) is -1.54. The van der Waals surface area contributed by atoms with Gasteiger partial charge in [-0.1, -0.05) is 30.3 Å². The molecule has 1 N–H and O–H groups in total. The lowest BCUT2D eigenvalue weighted by atomic mass is 10.1. The number of benzene rings is 2. The quantitative estimate of drug-likeness (QED) is 0.789. The average molecular weight is 349 g/mol. The fourth-order valence-electron chi connectivity index (χ4n) is 3.23. The number of rotatable bonds is 3. The van der Waals surface area contributed by atoms with Crippen LogP contribution >= 0.6 is 0 Å². The van der Waals surface area contributed by atoms with Gasteiger partial charge in [-0.25, -0.2) is 4.39 Å². The van der Waals surface area contributed by atoms with E-state index in [1.807, 2.05) is 24.3 Å². The van der Waals surface area contributed by atoms with Gasteiger partial charge in [0.15, 0.2) is 0 Å². The summed E-state index contributed by atoms with van der Waals surface area (Å²) in [6, 6.07) is 15.4. The zero-order chi connectivity index (χ0) is 18.1. The average Bonchev–Trinajstić information content (AvgIpc) is 3.04. The summed E-state index contributed by atoms with van der Waals surface area (Å²) in [4.78, 5) is 30.6. The van der Waals surface area contributed by atoms with Crippen molar-refractivity contribution in [2.75, 3.05) is 16.8 Å². The summed E-state index contributed by atoms with van der Waals surface area (Å²) in [6.45, 7) is 0.157. The molecule has 26 heavy (non-hydrogen) atoms. The molecule has 1 atom stereocenters. The number of amides is 2. The highest BCUT2D eigenvalue weighted by Crippen LogP contribution is 2.29. The highest BCUT2D eigenvalue weighted by molar-refractivity contribution is 6.06. The molecule has 1 aliphatic rings. The van der Waals surface area contributed by atoms with Gasteiger partial charge in [0, 0.05) is 24.5 Å². The van der Waals surface area contributed by atoms with Gasteiger partial charge < -0.3 is 10.2 Å².